The number of carbonyl (C=O) groups is 1. The topological polar surface area (TPSA) is 66.0 Å². The van der Waals surface area contributed by atoms with E-state index in [1.54, 1.807) is 7.05 Å². The molecule has 6 heteroatoms. The van der Waals surface area contributed by atoms with Crippen molar-refractivity contribution in [1.82, 2.24) is 15.5 Å². The number of nitrogens with zero attached hydrogens (tertiary/aromatic N) is 2. The Bertz CT molecular complexity index is 414. The van der Waals surface area contributed by atoms with E-state index >= 15 is 0 Å². The number of ether oxygens (including phenoxy) is 1. The number of allylic oxidation sites excluding steroid dienone is 1. The highest BCUT2D eigenvalue weighted by molar-refractivity contribution is 5.79. The highest BCUT2D eigenvalue weighted by Gasteiger charge is 2.22. The minimum absolute atomic E-state index is 0.0434. The number of nitrogens with one attached hydrogen (secondary N) is 2. The van der Waals surface area contributed by atoms with Crippen molar-refractivity contribution in [2.24, 2.45) is 10.9 Å². The van der Waals surface area contributed by atoms with E-state index in [1.165, 1.54) is 0 Å². The molecule has 2 N–H and O–H groups in total. The van der Waals surface area contributed by atoms with E-state index in [0.29, 0.717) is 6.54 Å². The number of hydrogen-bond acceptors (Lipinski definition) is 3. The highest BCUT2D eigenvalue weighted by Crippen LogP contribution is 2.08. The van der Waals surface area contributed by atoms with Crippen molar-refractivity contribution in [2.75, 3.05) is 27.2 Å². The maximum Gasteiger partial charge on any atom is 0.407 e. The molecule has 1 amide bonds. The molecule has 0 aliphatic carbocycles. The average molecular weight is 341 g/mol. The lowest BCUT2D eigenvalue weighted by molar-refractivity contribution is 0.0491. The molecule has 0 rings (SSSR count). The number of amides is 1. The van der Waals surface area contributed by atoms with Gasteiger partial charge in [-0.1, -0.05) is 19.9 Å². The molecule has 0 heterocycles. The summed E-state index contributed by atoms with van der Waals surface area (Å²) in [6, 6.07) is -0.0434. The zero-order valence-corrected chi connectivity index (χ0v) is 16.5. The van der Waals surface area contributed by atoms with Gasteiger partial charge in [0.05, 0.1) is 6.04 Å². The van der Waals surface area contributed by atoms with Crippen LogP contribution in [0.25, 0.3) is 0 Å². The summed E-state index contributed by atoms with van der Waals surface area (Å²) in [6.07, 6.45) is 3.54. The maximum absolute atomic E-state index is 12.0. The standard InChI is InChI=1S/C18H36N4O2/c1-9-10-11-12-22(8)16(19-7)20-13-15(14(2)3)21-17(23)24-18(4,5)6/h9,14-15H,1,10-13H2,2-8H3,(H,19,20)(H,21,23). The van der Waals surface area contributed by atoms with Crippen molar-refractivity contribution in [3.63, 3.8) is 0 Å². The van der Waals surface area contributed by atoms with Gasteiger partial charge in [0.1, 0.15) is 5.60 Å². The van der Waals surface area contributed by atoms with Gasteiger partial charge in [0, 0.05) is 27.2 Å². The number of rotatable bonds is 8. The number of carbonyl (C=O) groups excluding carboxylic acids is 1. The molecular weight excluding hydrogens is 304 g/mol. The smallest absolute Gasteiger partial charge is 0.407 e. The molecule has 0 aliphatic heterocycles. The van der Waals surface area contributed by atoms with Gasteiger partial charge in [-0.15, -0.1) is 6.58 Å². The van der Waals surface area contributed by atoms with Crippen LogP contribution in [0.1, 0.15) is 47.5 Å². The Balaban J connectivity index is 4.55. The molecule has 0 aromatic rings. The molecule has 0 aliphatic rings. The van der Waals surface area contributed by atoms with Crippen LogP contribution >= 0.6 is 0 Å². The molecule has 0 saturated carbocycles. The molecule has 0 spiro atoms. The summed E-state index contributed by atoms with van der Waals surface area (Å²) in [4.78, 5) is 18.4. The SMILES string of the molecule is C=CCCCN(C)C(=NC)NCC(NC(=O)OC(C)(C)C)C(C)C. The zero-order valence-electron chi connectivity index (χ0n) is 16.5. The summed E-state index contributed by atoms with van der Waals surface area (Å²) in [5.41, 5.74) is -0.500. The first kappa shape index (κ1) is 22.3. The third-order valence-corrected chi connectivity index (χ3v) is 3.46. The predicted octanol–water partition coefficient (Wildman–Crippen LogP) is 3.01. The normalized spacial score (nSPS) is 13.4. The van der Waals surface area contributed by atoms with Gasteiger partial charge in [0.2, 0.25) is 0 Å². The van der Waals surface area contributed by atoms with E-state index in [9.17, 15) is 4.79 Å². The minimum atomic E-state index is -0.500. The zero-order chi connectivity index (χ0) is 18.8. The Kier molecular flexibility index (Phi) is 10.2. The first-order valence-corrected chi connectivity index (χ1v) is 8.63. The van der Waals surface area contributed by atoms with Crippen molar-refractivity contribution >= 4 is 12.1 Å². The fraction of sp³-hybridized carbons (Fsp3) is 0.778. The summed E-state index contributed by atoms with van der Waals surface area (Å²) < 4.78 is 5.34. The fourth-order valence-electron chi connectivity index (χ4n) is 2.08. The second-order valence-corrected chi connectivity index (χ2v) is 7.28. The second kappa shape index (κ2) is 10.9. The van der Waals surface area contributed by atoms with Crippen LogP contribution in [0.4, 0.5) is 4.79 Å². The molecular formula is C18H36N4O2. The Morgan fingerprint density at radius 2 is 2.00 bits per heavy atom. The van der Waals surface area contributed by atoms with Gasteiger partial charge in [0.15, 0.2) is 5.96 Å². The molecule has 0 aromatic carbocycles. The Hall–Kier alpha value is -1.72. The Morgan fingerprint density at radius 1 is 1.38 bits per heavy atom. The van der Waals surface area contributed by atoms with Crippen LogP contribution in [-0.4, -0.2) is 55.8 Å². The van der Waals surface area contributed by atoms with Gasteiger partial charge in [-0.25, -0.2) is 4.79 Å². The summed E-state index contributed by atoms with van der Waals surface area (Å²) in [7, 11) is 3.77. The third-order valence-electron chi connectivity index (χ3n) is 3.46. The summed E-state index contributed by atoms with van der Waals surface area (Å²) in [5.74, 6) is 1.09. The van der Waals surface area contributed by atoms with E-state index in [-0.39, 0.29) is 12.0 Å². The van der Waals surface area contributed by atoms with E-state index < -0.39 is 11.7 Å². The van der Waals surface area contributed by atoms with E-state index in [4.69, 9.17) is 4.74 Å². The van der Waals surface area contributed by atoms with Crippen LogP contribution in [0.2, 0.25) is 0 Å². The fourth-order valence-corrected chi connectivity index (χ4v) is 2.08. The van der Waals surface area contributed by atoms with Crippen molar-refractivity contribution in [3.05, 3.63) is 12.7 Å². The number of guanidine groups is 1. The Labute approximate surface area is 147 Å². The summed E-state index contributed by atoms with van der Waals surface area (Å²) in [6.45, 7) is 14.9. The molecule has 6 nitrogen and oxygen atoms in total. The van der Waals surface area contributed by atoms with Crippen LogP contribution in [0.5, 0.6) is 0 Å². The molecule has 0 aromatic heterocycles. The maximum atomic E-state index is 12.0. The average Bonchev–Trinajstić information content (AvgIpc) is 2.44. The quantitative estimate of drug-likeness (QED) is 0.308. The number of aliphatic imine (C=N–C) groups is 1. The van der Waals surface area contributed by atoms with Gasteiger partial charge in [-0.2, -0.15) is 0 Å². The molecule has 1 atom stereocenters. The van der Waals surface area contributed by atoms with Crippen LogP contribution in [-0.2, 0) is 4.74 Å². The number of hydrogen-bond donors (Lipinski definition) is 2. The lowest BCUT2D eigenvalue weighted by Crippen LogP contribution is -2.50. The number of unbranched alkanes of at least 4 members (excludes halogenated alkanes) is 1. The minimum Gasteiger partial charge on any atom is -0.444 e. The largest absolute Gasteiger partial charge is 0.444 e. The van der Waals surface area contributed by atoms with Gasteiger partial charge >= 0.3 is 6.09 Å². The van der Waals surface area contributed by atoms with Crippen molar-refractivity contribution in [1.29, 1.82) is 0 Å². The van der Waals surface area contributed by atoms with Gasteiger partial charge in [0.25, 0.3) is 0 Å². The third kappa shape index (κ3) is 10.1. The van der Waals surface area contributed by atoms with Gasteiger partial charge < -0.3 is 20.3 Å². The van der Waals surface area contributed by atoms with Crippen LogP contribution < -0.4 is 10.6 Å². The monoisotopic (exact) mass is 340 g/mol. The molecule has 1 unspecified atom stereocenters. The number of alkyl carbamates (subject to hydrolysis) is 1. The highest BCUT2D eigenvalue weighted by atomic mass is 16.6. The molecule has 0 radical (unpaired) electrons. The Morgan fingerprint density at radius 3 is 2.46 bits per heavy atom. The lowest BCUT2D eigenvalue weighted by atomic mass is 10.0. The van der Waals surface area contributed by atoms with Crippen LogP contribution in [0.3, 0.4) is 0 Å². The lowest BCUT2D eigenvalue weighted by Gasteiger charge is -2.28. The second-order valence-electron chi connectivity index (χ2n) is 7.28. The van der Waals surface area contributed by atoms with Crippen molar-refractivity contribution in [3.8, 4) is 0 Å². The van der Waals surface area contributed by atoms with Gasteiger partial charge in [-0.3, -0.25) is 4.99 Å². The van der Waals surface area contributed by atoms with Crippen molar-refractivity contribution in [2.45, 2.75) is 59.1 Å². The first-order chi connectivity index (χ1) is 11.1. The van der Waals surface area contributed by atoms with Crippen LogP contribution in [0, 0.1) is 5.92 Å². The van der Waals surface area contributed by atoms with Gasteiger partial charge in [-0.05, 0) is 39.5 Å². The van der Waals surface area contributed by atoms with E-state index in [1.807, 2.05) is 33.9 Å². The summed E-state index contributed by atoms with van der Waals surface area (Å²) >= 11 is 0. The van der Waals surface area contributed by atoms with E-state index in [2.05, 4.69) is 41.0 Å². The van der Waals surface area contributed by atoms with Crippen LogP contribution in [0.15, 0.2) is 17.6 Å². The first-order valence-electron chi connectivity index (χ1n) is 8.63. The summed E-state index contributed by atoms with van der Waals surface area (Å²) in [5, 5.41) is 6.26. The van der Waals surface area contributed by atoms with Crippen molar-refractivity contribution < 1.29 is 9.53 Å². The molecule has 0 bridgehead atoms. The molecule has 24 heavy (non-hydrogen) atoms. The van der Waals surface area contributed by atoms with E-state index in [0.717, 1.165) is 25.3 Å². The molecule has 0 fully saturated rings. The molecule has 0 saturated heterocycles. The predicted molar refractivity (Wildman–Crippen MR) is 101 cm³/mol. The molecule has 140 valence electrons.